The van der Waals surface area contributed by atoms with Gasteiger partial charge in [0, 0.05) is 13.6 Å². The smallest absolute Gasteiger partial charge is 0.259 e. The van der Waals surface area contributed by atoms with Crippen LogP contribution in [0.15, 0.2) is 10.7 Å². The highest BCUT2D eigenvalue weighted by Gasteiger charge is 2.33. The highest BCUT2D eigenvalue weighted by Crippen LogP contribution is 2.35. The topological polar surface area (TPSA) is 64.2 Å². The molecule has 0 aliphatic carbocycles. The average Bonchev–Trinajstić information content (AvgIpc) is 2.92. The summed E-state index contributed by atoms with van der Waals surface area (Å²) in [6.07, 6.45) is 5.69. The van der Waals surface area contributed by atoms with Crippen LogP contribution in [-0.4, -0.2) is 32.3 Å². The Morgan fingerprint density at radius 3 is 2.74 bits per heavy atom. The Morgan fingerprint density at radius 2 is 2.13 bits per heavy atom. The maximum Gasteiger partial charge on any atom is 0.259 e. The fraction of sp³-hybridized carbons (Fsp3) is 0.562. The van der Waals surface area contributed by atoms with Crippen molar-refractivity contribution < 1.29 is 9.32 Å². The van der Waals surface area contributed by atoms with Gasteiger partial charge in [-0.1, -0.05) is 29.6 Å². The van der Waals surface area contributed by atoms with Crippen molar-refractivity contribution in [1.29, 1.82) is 0 Å². The zero-order valence-electron chi connectivity index (χ0n) is 13.7. The summed E-state index contributed by atoms with van der Waals surface area (Å²) >= 11 is 6.34. The van der Waals surface area contributed by atoms with Crippen molar-refractivity contribution in [3.05, 3.63) is 33.9 Å². The molecule has 1 saturated heterocycles. The minimum Gasteiger partial charge on any atom is -0.361 e. The summed E-state index contributed by atoms with van der Waals surface area (Å²) in [5.74, 6) is 0.525. The van der Waals surface area contributed by atoms with E-state index in [2.05, 4.69) is 10.3 Å². The van der Waals surface area contributed by atoms with Crippen molar-refractivity contribution in [1.82, 2.24) is 19.8 Å². The lowest BCUT2D eigenvalue weighted by Crippen LogP contribution is -2.36. The molecule has 0 bridgehead atoms. The molecule has 1 aliphatic rings. The number of amides is 1. The Balaban J connectivity index is 2.01. The van der Waals surface area contributed by atoms with E-state index in [1.165, 1.54) is 0 Å². The van der Waals surface area contributed by atoms with Crippen molar-refractivity contribution in [2.75, 3.05) is 6.54 Å². The van der Waals surface area contributed by atoms with Crippen LogP contribution >= 0.6 is 11.6 Å². The fourth-order valence-corrected chi connectivity index (χ4v) is 3.65. The number of rotatable bonds is 2. The molecule has 1 unspecified atom stereocenters. The molecule has 0 spiro atoms. The molecule has 1 aliphatic heterocycles. The molecule has 0 saturated carbocycles. The van der Waals surface area contributed by atoms with Crippen LogP contribution in [0.2, 0.25) is 5.02 Å². The van der Waals surface area contributed by atoms with Gasteiger partial charge in [-0.15, -0.1) is 0 Å². The first kappa shape index (κ1) is 16.1. The van der Waals surface area contributed by atoms with Crippen molar-refractivity contribution in [2.45, 2.75) is 45.6 Å². The minimum absolute atomic E-state index is 0.0367. The Kier molecular flexibility index (Phi) is 4.43. The first-order valence-corrected chi connectivity index (χ1v) is 8.29. The molecule has 23 heavy (non-hydrogen) atoms. The van der Waals surface area contributed by atoms with Gasteiger partial charge in [-0.05, 0) is 26.7 Å². The quantitative estimate of drug-likeness (QED) is 0.842. The summed E-state index contributed by atoms with van der Waals surface area (Å²) in [4.78, 5) is 15.0. The molecule has 3 rings (SSSR count). The average molecular weight is 337 g/mol. The fourth-order valence-electron chi connectivity index (χ4n) is 3.36. The van der Waals surface area contributed by atoms with E-state index in [9.17, 15) is 4.79 Å². The molecule has 6 nitrogen and oxygen atoms in total. The van der Waals surface area contributed by atoms with Crippen LogP contribution in [0, 0.1) is 13.8 Å². The van der Waals surface area contributed by atoms with E-state index >= 15 is 0 Å². The van der Waals surface area contributed by atoms with Crippen molar-refractivity contribution in [2.24, 2.45) is 7.05 Å². The van der Waals surface area contributed by atoms with E-state index in [1.54, 1.807) is 24.7 Å². The lowest BCUT2D eigenvalue weighted by molar-refractivity contribution is 0.0671. The van der Waals surface area contributed by atoms with Gasteiger partial charge in [-0.3, -0.25) is 9.48 Å². The lowest BCUT2D eigenvalue weighted by Gasteiger charge is -2.30. The van der Waals surface area contributed by atoms with Crippen LogP contribution in [0.4, 0.5) is 0 Å². The molecule has 7 heteroatoms. The summed E-state index contributed by atoms with van der Waals surface area (Å²) in [6.45, 7) is 4.28. The van der Waals surface area contributed by atoms with Gasteiger partial charge in [0.15, 0.2) is 0 Å². The highest BCUT2D eigenvalue weighted by atomic mass is 35.5. The normalized spacial score (nSPS) is 19.0. The molecule has 2 aromatic heterocycles. The molecule has 0 aromatic carbocycles. The monoisotopic (exact) mass is 336 g/mol. The first-order chi connectivity index (χ1) is 11.0. The van der Waals surface area contributed by atoms with Crippen molar-refractivity contribution >= 4 is 17.5 Å². The number of aryl methyl sites for hydroxylation is 3. The number of carbonyl (C=O) groups excluding carboxylic acids is 1. The Hall–Kier alpha value is -1.82. The second-order valence-corrected chi connectivity index (χ2v) is 6.47. The Labute approximate surface area is 140 Å². The number of carbonyl (C=O) groups is 1. The summed E-state index contributed by atoms with van der Waals surface area (Å²) in [6, 6.07) is -0.0706. The number of hydrogen-bond acceptors (Lipinski definition) is 4. The van der Waals surface area contributed by atoms with Crippen LogP contribution in [0.1, 0.15) is 59.2 Å². The van der Waals surface area contributed by atoms with E-state index in [0.717, 1.165) is 31.4 Å². The molecule has 1 fully saturated rings. The predicted molar refractivity (Wildman–Crippen MR) is 86.4 cm³/mol. The predicted octanol–water partition coefficient (Wildman–Crippen LogP) is 3.44. The van der Waals surface area contributed by atoms with Crippen LogP contribution in [0.3, 0.4) is 0 Å². The van der Waals surface area contributed by atoms with Gasteiger partial charge in [0.1, 0.15) is 11.3 Å². The van der Waals surface area contributed by atoms with Crippen LogP contribution in [0.5, 0.6) is 0 Å². The van der Waals surface area contributed by atoms with E-state index in [-0.39, 0.29) is 11.9 Å². The van der Waals surface area contributed by atoms with Crippen molar-refractivity contribution in [3.63, 3.8) is 0 Å². The zero-order chi connectivity index (χ0) is 16.6. The molecule has 0 radical (unpaired) electrons. The Morgan fingerprint density at radius 1 is 1.35 bits per heavy atom. The van der Waals surface area contributed by atoms with Gasteiger partial charge in [-0.25, -0.2) is 0 Å². The SMILES string of the molecule is Cc1noc(C)c1C(=O)N1CCCCCC1c1c(Cl)cnn1C. The van der Waals surface area contributed by atoms with Crippen LogP contribution in [0.25, 0.3) is 0 Å². The largest absolute Gasteiger partial charge is 0.361 e. The van der Waals surface area contributed by atoms with Crippen LogP contribution < -0.4 is 0 Å². The number of halogens is 1. The molecular weight excluding hydrogens is 316 g/mol. The summed E-state index contributed by atoms with van der Waals surface area (Å²) in [5, 5.41) is 8.75. The van der Waals surface area contributed by atoms with Crippen LogP contribution in [-0.2, 0) is 7.05 Å². The third kappa shape index (κ3) is 2.87. The van der Waals surface area contributed by atoms with E-state index in [1.807, 2.05) is 11.9 Å². The lowest BCUT2D eigenvalue weighted by atomic mass is 10.0. The molecule has 2 aromatic rings. The molecule has 124 valence electrons. The van der Waals surface area contributed by atoms with E-state index in [4.69, 9.17) is 16.1 Å². The number of aromatic nitrogens is 3. The zero-order valence-corrected chi connectivity index (χ0v) is 14.4. The van der Waals surface area contributed by atoms with Gasteiger partial charge in [-0.2, -0.15) is 5.10 Å². The van der Waals surface area contributed by atoms with Gasteiger partial charge in [0.25, 0.3) is 5.91 Å². The molecule has 1 amide bonds. The molecule has 0 N–H and O–H groups in total. The summed E-state index contributed by atoms with van der Waals surface area (Å²) in [7, 11) is 1.87. The summed E-state index contributed by atoms with van der Waals surface area (Å²) < 4.78 is 6.94. The number of hydrogen-bond donors (Lipinski definition) is 0. The van der Waals surface area contributed by atoms with Gasteiger partial charge >= 0.3 is 0 Å². The van der Waals surface area contributed by atoms with Gasteiger partial charge in [0.2, 0.25) is 0 Å². The van der Waals surface area contributed by atoms with Crippen molar-refractivity contribution in [3.8, 4) is 0 Å². The standard InChI is InChI=1S/C16H21ClN4O2/c1-10-14(11(2)23-19-10)16(22)21-8-6-4-5-7-13(21)15-12(17)9-18-20(15)3/h9,13H,4-8H2,1-3H3. The third-order valence-electron chi connectivity index (χ3n) is 4.51. The first-order valence-electron chi connectivity index (χ1n) is 7.92. The Bertz CT molecular complexity index is 683. The minimum atomic E-state index is -0.0706. The third-order valence-corrected chi connectivity index (χ3v) is 4.81. The number of nitrogens with zero attached hydrogens (tertiary/aromatic N) is 4. The highest BCUT2D eigenvalue weighted by molar-refractivity contribution is 6.31. The maximum atomic E-state index is 13.1. The second-order valence-electron chi connectivity index (χ2n) is 6.06. The second kappa shape index (κ2) is 6.35. The number of likely N-dealkylation sites (tertiary alicyclic amines) is 1. The summed E-state index contributed by atoms with van der Waals surface area (Å²) in [5.41, 5.74) is 2.09. The molecular formula is C16H21ClN4O2. The van der Waals surface area contributed by atoms with Gasteiger partial charge < -0.3 is 9.42 Å². The molecule has 1 atom stereocenters. The van der Waals surface area contributed by atoms with Gasteiger partial charge in [0.05, 0.1) is 28.6 Å². The molecule has 3 heterocycles. The maximum absolute atomic E-state index is 13.1. The van der Waals surface area contributed by atoms with E-state index in [0.29, 0.717) is 28.6 Å². The van der Waals surface area contributed by atoms with E-state index < -0.39 is 0 Å².